The number of aryl methyl sites for hydroxylation is 2. The van der Waals surface area contributed by atoms with Gasteiger partial charge in [0.15, 0.2) is 0 Å². The highest BCUT2D eigenvalue weighted by atomic mass is 32.2. The Morgan fingerprint density at radius 3 is 2.21 bits per heavy atom. The zero-order valence-electron chi connectivity index (χ0n) is 23.7. The molecule has 0 fully saturated rings. The molecule has 2 aromatic carbocycles. The summed E-state index contributed by atoms with van der Waals surface area (Å²) in [6, 6.07) is 10.6. The molecule has 1 aliphatic heterocycles. The molecule has 3 heterocycles. The molecule has 10 nitrogen and oxygen atoms in total. The van der Waals surface area contributed by atoms with E-state index in [4.69, 9.17) is 19.8 Å². The highest BCUT2D eigenvalue weighted by molar-refractivity contribution is 7.90. The van der Waals surface area contributed by atoms with Crippen molar-refractivity contribution in [2.24, 2.45) is 0 Å². The monoisotopic (exact) mass is 622 g/mol. The first kappa shape index (κ1) is 31.7. The van der Waals surface area contributed by atoms with Crippen LogP contribution in [-0.2, 0) is 26.7 Å². The molecule has 0 bridgehead atoms. The molecular formula is C28H30F4N6O4S. The van der Waals surface area contributed by atoms with E-state index < -0.39 is 21.9 Å². The lowest BCUT2D eigenvalue weighted by molar-refractivity contribution is -0.192. The number of imidazole rings is 1. The van der Waals surface area contributed by atoms with E-state index in [2.05, 4.69) is 5.32 Å². The maximum Gasteiger partial charge on any atom is 0.490 e. The minimum atomic E-state index is -5.08. The molecule has 2 aromatic heterocycles. The van der Waals surface area contributed by atoms with Crippen molar-refractivity contribution in [3.05, 3.63) is 93.0 Å². The SMILES string of the molecule is Cc1cc(-n2nc3c(c2-n2ccn(-c4ccc(CS(C)(=N)=O)cc4)c2=O)[C@H](C)NCC3)cc(C)c1F.O=C(O)C(F)(F)F. The fourth-order valence-electron chi connectivity index (χ4n) is 4.87. The van der Waals surface area contributed by atoms with Gasteiger partial charge >= 0.3 is 17.8 Å². The molecule has 230 valence electrons. The highest BCUT2D eigenvalue weighted by Crippen LogP contribution is 2.31. The normalized spacial score (nSPS) is 16.1. The predicted molar refractivity (Wildman–Crippen MR) is 152 cm³/mol. The van der Waals surface area contributed by atoms with Crippen LogP contribution in [0.25, 0.3) is 17.2 Å². The van der Waals surface area contributed by atoms with Gasteiger partial charge in [-0.25, -0.2) is 22.9 Å². The first-order valence-corrected chi connectivity index (χ1v) is 15.1. The molecule has 0 radical (unpaired) electrons. The molecule has 3 N–H and O–H groups in total. The largest absolute Gasteiger partial charge is 0.490 e. The van der Waals surface area contributed by atoms with Gasteiger partial charge in [-0.1, -0.05) is 12.1 Å². The average Bonchev–Trinajstić information content (AvgIpc) is 3.47. The highest BCUT2D eigenvalue weighted by Gasteiger charge is 2.38. The summed E-state index contributed by atoms with van der Waals surface area (Å²) >= 11 is 0. The summed E-state index contributed by atoms with van der Waals surface area (Å²) in [7, 11) is -2.65. The first-order valence-electron chi connectivity index (χ1n) is 13.0. The number of carbonyl (C=O) groups is 1. The molecule has 1 aliphatic rings. The Morgan fingerprint density at radius 2 is 1.67 bits per heavy atom. The summed E-state index contributed by atoms with van der Waals surface area (Å²) in [6.45, 7) is 6.29. The Morgan fingerprint density at radius 1 is 1.12 bits per heavy atom. The van der Waals surface area contributed by atoms with E-state index in [-0.39, 0.29) is 23.3 Å². The number of hydrogen-bond donors (Lipinski definition) is 3. The Kier molecular flexibility index (Phi) is 8.70. The fourth-order valence-corrected chi connectivity index (χ4v) is 5.69. The zero-order valence-corrected chi connectivity index (χ0v) is 24.5. The quantitative estimate of drug-likeness (QED) is 0.279. The van der Waals surface area contributed by atoms with Crippen LogP contribution in [0, 0.1) is 24.4 Å². The van der Waals surface area contributed by atoms with Gasteiger partial charge in [-0.3, -0.25) is 13.9 Å². The fraction of sp³-hybridized carbons (Fsp3) is 0.321. The smallest absolute Gasteiger partial charge is 0.475 e. The molecule has 0 saturated heterocycles. The van der Waals surface area contributed by atoms with Crippen LogP contribution in [0.15, 0.2) is 53.6 Å². The molecule has 5 rings (SSSR count). The van der Waals surface area contributed by atoms with Gasteiger partial charge in [0.2, 0.25) is 0 Å². The summed E-state index contributed by atoms with van der Waals surface area (Å²) < 4.78 is 70.5. The molecule has 0 saturated carbocycles. The van der Waals surface area contributed by atoms with Crippen LogP contribution in [0.2, 0.25) is 0 Å². The lowest BCUT2D eigenvalue weighted by Gasteiger charge is -2.21. The molecule has 0 amide bonds. The first-order chi connectivity index (χ1) is 20.0. The lowest BCUT2D eigenvalue weighted by Crippen LogP contribution is -2.30. The Labute approximate surface area is 244 Å². The van der Waals surface area contributed by atoms with Gasteiger partial charge < -0.3 is 10.4 Å². The minimum Gasteiger partial charge on any atom is -0.475 e. The second-order valence-corrected chi connectivity index (χ2v) is 12.7. The number of carboxylic acids is 1. The third-order valence-corrected chi connectivity index (χ3v) is 7.67. The number of aromatic nitrogens is 4. The van der Waals surface area contributed by atoms with Gasteiger partial charge in [0.05, 0.1) is 22.8 Å². The maximum atomic E-state index is 14.4. The van der Waals surface area contributed by atoms with Crippen molar-refractivity contribution in [3.63, 3.8) is 0 Å². The van der Waals surface area contributed by atoms with E-state index in [9.17, 15) is 26.6 Å². The maximum absolute atomic E-state index is 14.4. The summed E-state index contributed by atoms with van der Waals surface area (Å²) in [4.78, 5) is 22.6. The van der Waals surface area contributed by atoms with E-state index >= 15 is 0 Å². The number of aliphatic carboxylic acids is 1. The molecule has 0 aliphatic carbocycles. The molecule has 15 heteroatoms. The minimum absolute atomic E-state index is 0.0107. The summed E-state index contributed by atoms with van der Waals surface area (Å²) in [6.07, 6.45) is 0.482. The van der Waals surface area contributed by atoms with Crippen LogP contribution in [0.1, 0.15) is 40.9 Å². The van der Waals surface area contributed by atoms with Crippen LogP contribution in [0.3, 0.4) is 0 Å². The Balaban J connectivity index is 0.000000541. The summed E-state index contributed by atoms with van der Waals surface area (Å²) in [5, 5.41) is 15.4. The summed E-state index contributed by atoms with van der Waals surface area (Å²) in [5.41, 5.74) is 4.78. The number of nitrogens with zero attached hydrogens (tertiary/aromatic N) is 4. The van der Waals surface area contributed by atoms with Crippen molar-refractivity contribution in [2.75, 3.05) is 12.8 Å². The van der Waals surface area contributed by atoms with Gasteiger partial charge in [-0.05, 0) is 61.7 Å². The van der Waals surface area contributed by atoms with E-state index in [1.165, 1.54) is 6.26 Å². The van der Waals surface area contributed by atoms with Crippen LogP contribution < -0.4 is 11.0 Å². The van der Waals surface area contributed by atoms with Crippen molar-refractivity contribution >= 4 is 15.7 Å². The van der Waals surface area contributed by atoms with Gasteiger partial charge in [0, 0.05) is 52.9 Å². The number of alkyl halides is 3. The number of hydrogen-bond acceptors (Lipinski definition) is 6. The van der Waals surface area contributed by atoms with Crippen LogP contribution in [-0.4, -0.2) is 53.2 Å². The average molecular weight is 623 g/mol. The van der Waals surface area contributed by atoms with Gasteiger partial charge in [-0.2, -0.15) is 18.3 Å². The molecule has 43 heavy (non-hydrogen) atoms. The van der Waals surface area contributed by atoms with Crippen LogP contribution in [0.5, 0.6) is 0 Å². The Hall–Kier alpha value is -4.24. The van der Waals surface area contributed by atoms with E-state index in [0.717, 1.165) is 29.8 Å². The zero-order chi connectivity index (χ0) is 31.9. The van der Waals surface area contributed by atoms with Crippen molar-refractivity contribution < 1.29 is 31.7 Å². The number of fused-ring (bicyclic) bond motifs is 1. The van der Waals surface area contributed by atoms with Crippen LogP contribution in [0.4, 0.5) is 17.6 Å². The van der Waals surface area contributed by atoms with E-state index in [1.54, 1.807) is 76.5 Å². The Bertz CT molecular complexity index is 1820. The molecule has 1 unspecified atom stereocenters. The van der Waals surface area contributed by atoms with Crippen LogP contribution >= 0.6 is 0 Å². The van der Waals surface area contributed by atoms with E-state index in [1.807, 2.05) is 6.92 Å². The molecule has 0 spiro atoms. The van der Waals surface area contributed by atoms with Gasteiger partial charge in [0.1, 0.15) is 11.6 Å². The van der Waals surface area contributed by atoms with Crippen molar-refractivity contribution in [1.82, 2.24) is 24.2 Å². The number of carboxylic acid groups (broad SMARTS) is 1. The van der Waals surface area contributed by atoms with Crippen molar-refractivity contribution in [2.45, 2.75) is 45.2 Å². The second kappa shape index (κ2) is 11.8. The number of rotatable bonds is 5. The lowest BCUT2D eigenvalue weighted by atomic mass is 10.0. The number of nitrogens with one attached hydrogen (secondary N) is 2. The third-order valence-electron chi connectivity index (χ3n) is 6.79. The van der Waals surface area contributed by atoms with Gasteiger partial charge in [-0.15, -0.1) is 0 Å². The number of halogens is 4. The van der Waals surface area contributed by atoms with E-state index in [0.29, 0.717) is 28.3 Å². The van der Waals surface area contributed by atoms with Crippen molar-refractivity contribution in [3.8, 4) is 17.2 Å². The van der Waals surface area contributed by atoms with Crippen molar-refractivity contribution in [1.29, 1.82) is 4.78 Å². The summed E-state index contributed by atoms with van der Waals surface area (Å²) in [5.74, 6) is -2.21. The number of benzene rings is 2. The third kappa shape index (κ3) is 6.88. The standard InChI is InChI=1S/C26H29FN6O2S.C2HF3O2/c1-16-13-21(14-17(2)24(16)27)33-25(23-18(3)29-10-9-22(23)30-33)32-12-11-31(26(32)34)20-7-5-19(6-8-20)15-36(4,28)35;3-2(4,5)1(6)7/h5-8,11-14,18,28-29H,9-10,15H2,1-4H3;(H,6,7)/t18-,36?;/m0./s1. The van der Waals surface area contributed by atoms with Gasteiger partial charge in [0.25, 0.3) is 0 Å². The second-order valence-electron chi connectivity index (χ2n) is 10.4. The molecular weight excluding hydrogens is 592 g/mol. The molecule has 2 atom stereocenters. The topological polar surface area (TPSA) is 135 Å². The predicted octanol–water partition coefficient (Wildman–Crippen LogP) is 4.59. The molecule has 4 aromatic rings.